The van der Waals surface area contributed by atoms with Gasteiger partial charge in [0.2, 0.25) is 0 Å². The van der Waals surface area contributed by atoms with Crippen LogP contribution < -0.4 is 5.32 Å². The third-order valence-electron chi connectivity index (χ3n) is 2.57. The normalized spacial score (nSPS) is 14.3. The fourth-order valence-electron chi connectivity index (χ4n) is 1.71. The van der Waals surface area contributed by atoms with E-state index in [1.807, 2.05) is 13.2 Å². The molecule has 0 saturated carbocycles. The summed E-state index contributed by atoms with van der Waals surface area (Å²) in [6, 6.07) is 0. The second kappa shape index (κ2) is 6.24. The molecule has 1 rings (SSSR count). The van der Waals surface area contributed by atoms with Crippen LogP contribution in [0.1, 0.15) is 29.9 Å². The maximum absolute atomic E-state index is 12.0. The molecule has 1 atom stereocenters. The third-order valence-corrected chi connectivity index (χ3v) is 3.48. The van der Waals surface area contributed by atoms with Crippen molar-refractivity contribution in [3.63, 3.8) is 0 Å². The maximum atomic E-state index is 12.0. The lowest BCUT2D eigenvalue weighted by molar-refractivity contribution is 0.0724. The number of amides is 1. The highest BCUT2D eigenvalue weighted by Crippen LogP contribution is 2.11. The zero-order chi connectivity index (χ0) is 13.8. The van der Waals surface area contributed by atoms with Crippen molar-refractivity contribution in [3.8, 4) is 0 Å². The first kappa shape index (κ1) is 15.0. The van der Waals surface area contributed by atoms with Gasteiger partial charge in [-0.05, 0) is 19.6 Å². The van der Waals surface area contributed by atoms with Crippen molar-refractivity contribution >= 4 is 17.7 Å². The quantitative estimate of drug-likeness (QED) is 0.804. The Hall–Kier alpha value is -1.01. The third kappa shape index (κ3) is 4.03. The first-order valence-corrected chi connectivity index (χ1v) is 7.31. The number of aryl methyl sites for hydroxylation is 2. The summed E-state index contributed by atoms with van der Waals surface area (Å²) in [5, 5.41) is 17.0. The van der Waals surface area contributed by atoms with Crippen LogP contribution in [0.3, 0.4) is 0 Å². The Kier molecular flexibility index (Phi) is 5.22. The van der Waals surface area contributed by atoms with Gasteiger partial charge in [-0.15, -0.1) is 0 Å². The van der Waals surface area contributed by atoms with Gasteiger partial charge in [-0.25, -0.2) is 0 Å². The molecule has 0 aliphatic heterocycles. The molecule has 0 spiro atoms. The van der Waals surface area contributed by atoms with Gasteiger partial charge < -0.3 is 10.4 Å². The van der Waals surface area contributed by atoms with Gasteiger partial charge in [0.1, 0.15) is 0 Å². The lowest BCUT2D eigenvalue weighted by Crippen LogP contribution is -2.42. The number of nitrogens with zero attached hydrogens (tertiary/aromatic N) is 2. The summed E-state index contributed by atoms with van der Waals surface area (Å²) in [5.74, 6) is 0.405. The molecule has 1 aromatic heterocycles. The van der Waals surface area contributed by atoms with Crippen LogP contribution in [0.5, 0.6) is 0 Å². The van der Waals surface area contributed by atoms with Crippen LogP contribution in [0.4, 0.5) is 0 Å². The predicted molar refractivity (Wildman–Crippen MR) is 73.9 cm³/mol. The Balaban J connectivity index is 2.65. The van der Waals surface area contributed by atoms with Gasteiger partial charge in [-0.3, -0.25) is 9.48 Å². The molecule has 2 N–H and O–H groups in total. The number of aromatic nitrogens is 2. The fourth-order valence-corrected chi connectivity index (χ4v) is 2.44. The zero-order valence-electron chi connectivity index (χ0n) is 11.4. The van der Waals surface area contributed by atoms with E-state index in [1.54, 1.807) is 36.6 Å². The topological polar surface area (TPSA) is 67.2 Å². The highest BCUT2D eigenvalue weighted by molar-refractivity contribution is 7.98. The first-order chi connectivity index (χ1) is 8.39. The highest BCUT2D eigenvalue weighted by atomic mass is 32.2. The molecule has 102 valence electrons. The number of hydrogen-bond donors (Lipinski definition) is 2. The summed E-state index contributed by atoms with van der Waals surface area (Å²) in [6.07, 6.45) is 4.34. The molecule has 0 radical (unpaired) electrons. The molecule has 0 fully saturated rings. The molecule has 5 nitrogen and oxygen atoms in total. The van der Waals surface area contributed by atoms with Gasteiger partial charge in [-0.1, -0.05) is 6.92 Å². The molecule has 1 aromatic rings. The van der Waals surface area contributed by atoms with E-state index in [0.717, 1.165) is 5.69 Å². The van der Waals surface area contributed by atoms with Crippen LogP contribution in [0.25, 0.3) is 0 Å². The molecule has 1 unspecified atom stereocenters. The molecular weight excluding hydrogens is 250 g/mol. The van der Waals surface area contributed by atoms with E-state index in [-0.39, 0.29) is 12.5 Å². The Morgan fingerprint density at radius 3 is 2.89 bits per heavy atom. The van der Waals surface area contributed by atoms with E-state index in [9.17, 15) is 9.90 Å². The smallest absolute Gasteiger partial charge is 0.254 e. The predicted octanol–water partition coefficient (Wildman–Crippen LogP) is 0.826. The Labute approximate surface area is 112 Å². The molecule has 0 aliphatic carbocycles. The Morgan fingerprint density at radius 2 is 2.33 bits per heavy atom. The van der Waals surface area contributed by atoms with Gasteiger partial charge in [0, 0.05) is 25.5 Å². The zero-order valence-corrected chi connectivity index (χ0v) is 12.2. The summed E-state index contributed by atoms with van der Waals surface area (Å²) >= 11 is 1.55. The monoisotopic (exact) mass is 271 g/mol. The Morgan fingerprint density at radius 1 is 1.67 bits per heavy atom. The van der Waals surface area contributed by atoms with Crippen molar-refractivity contribution in [1.82, 2.24) is 15.1 Å². The number of aliphatic hydroxyl groups is 1. The van der Waals surface area contributed by atoms with Crippen LogP contribution in [-0.4, -0.2) is 44.9 Å². The standard InChI is InChI=1S/C12H21N3O2S/c1-5-10-9(6-15(3)14-10)11(16)13-7-12(2,17)8-18-4/h6,17H,5,7-8H2,1-4H3,(H,13,16). The van der Waals surface area contributed by atoms with E-state index in [2.05, 4.69) is 10.4 Å². The molecule has 0 aromatic carbocycles. The summed E-state index contributed by atoms with van der Waals surface area (Å²) in [7, 11) is 1.79. The minimum absolute atomic E-state index is 0.179. The lowest BCUT2D eigenvalue weighted by atomic mass is 10.1. The molecule has 1 heterocycles. The average molecular weight is 271 g/mol. The van der Waals surface area contributed by atoms with Gasteiger partial charge in [0.05, 0.1) is 16.9 Å². The van der Waals surface area contributed by atoms with E-state index in [4.69, 9.17) is 0 Å². The van der Waals surface area contributed by atoms with Crippen LogP contribution >= 0.6 is 11.8 Å². The second-order valence-electron chi connectivity index (χ2n) is 4.63. The fraction of sp³-hybridized carbons (Fsp3) is 0.667. The van der Waals surface area contributed by atoms with Crippen LogP contribution in [0.2, 0.25) is 0 Å². The van der Waals surface area contributed by atoms with E-state index >= 15 is 0 Å². The van der Waals surface area contributed by atoms with Crippen LogP contribution in [-0.2, 0) is 13.5 Å². The van der Waals surface area contributed by atoms with Gasteiger partial charge >= 0.3 is 0 Å². The molecule has 6 heteroatoms. The highest BCUT2D eigenvalue weighted by Gasteiger charge is 2.22. The van der Waals surface area contributed by atoms with Gasteiger partial charge in [0.15, 0.2) is 0 Å². The molecule has 0 aliphatic rings. The minimum Gasteiger partial charge on any atom is -0.387 e. The average Bonchev–Trinajstić information content (AvgIpc) is 2.67. The summed E-state index contributed by atoms with van der Waals surface area (Å²) in [5.41, 5.74) is 0.475. The summed E-state index contributed by atoms with van der Waals surface area (Å²) in [6.45, 7) is 3.92. The summed E-state index contributed by atoms with van der Waals surface area (Å²) < 4.78 is 1.63. The van der Waals surface area contributed by atoms with Gasteiger partial charge in [0.25, 0.3) is 5.91 Å². The van der Waals surface area contributed by atoms with E-state index < -0.39 is 5.60 Å². The van der Waals surface area contributed by atoms with E-state index in [1.165, 1.54) is 0 Å². The molecule has 1 amide bonds. The Bertz CT molecular complexity index is 415. The largest absolute Gasteiger partial charge is 0.387 e. The number of carbonyl (C=O) groups excluding carboxylic acids is 1. The van der Waals surface area contributed by atoms with Crippen LogP contribution in [0.15, 0.2) is 6.20 Å². The minimum atomic E-state index is -0.885. The lowest BCUT2D eigenvalue weighted by Gasteiger charge is -2.22. The SMILES string of the molecule is CCc1nn(C)cc1C(=O)NCC(C)(O)CSC. The van der Waals surface area contributed by atoms with Crippen molar-refractivity contribution in [2.24, 2.45) is 7.05 Å². The number of nitrogens with one attached hydrogen (secondary N) is 1. The number of rotatable bonds is 6. The van der Waals surface area contributed by atoms with Crippen molar-refractivity contribution < 1.29 is 9.90 Å². The first-order valence-electron chi connectivity index (χ1n) is 5.91. The molecular formula is C12H21N3O2S. The van der Waals surface area contributed by atoms with Crippen LogP contribution in [0, 0.1) is 0 Å². The van der Waals surface area contributed by atoms with E-state index in [0.29, 0.717) is 17.7 Å². The number of carbonyl (C=O) groups is 1. The van der Waals surface area contributed by atoms with Crippen molar-refractivity contribution in [2.45, 2.75) is 25.9 Å². The maximum Gasteiger partial charge on any atom is 0.254 e. The molecule has 0 saturated heterocycles. The molecule has 0 bridgehead atoms. The summed E-state index contributed by atoms with van der Waals surface area (Å²) in [4.78, 5) is 12.0. The van der Waals surface area contributed by atoms with Crippen molar-refractivity contribution in [1.29, 1.82) is 0 Å². The van der Waals surface area contributed by atoms with Crippen molar-refractivity contribution in [2.75, 3.05) is 18.6 Å². The second-order valence-corrected chi connectivity index (χ2v) is 5.50. The van der Waals surface area contributed by atoms with Crippen molar-refractivity contribution in [3.05, 3.63) is 17.5 Å². The number of hydrogen-bond acceptors (Lipinski definition) is 4. The van der Waals surface area contributed by atoms with Gasteiger partial charge in [-0.2, -0.15) is 16.9 Å². The number of thioether (sulfide) groups is 1. The molecule has 18 heavy (non-hydrogen) atoms.